The molecular weight excluding hydrogens is 351 g/mol. The summed E-state index contributed by atoms with van der Waals surface area (Å²) in [5.41, 5.74) is 1.85. The fourth-order valence-electron chi connectivity index (χ4n) is 3.24. The molecule has 0 bridgehead atoms. The third-order valence-corrected chi connectivity index (χ3v) is 4.55. The molecule has 9 heteroatoms. The molecule has 4 rings (SSSR count). The van der Waals surface area contributed by atoms with Crippen molar-refractivity contribution in [2.45, 2.75) is 19.9 Å². The lowest BCUT2D eigenvalue weighted by molar-refractivity contribution is 0.626. The molecule has 0 amide bonds. The standard InChI is InChI=1S/C18H17FN6O2/c1-3-25-14-16(24(2)18(27)22-17(14)26)21-15(25)12-9-20-23-13(12)8-10-5-4-6-11(19)7-10/h4-7,9H,3,8H2,1-2H3,(H,20,23)(H,22,26,27). The largest absolute Gasteiger partial charge is 0.329 e. The summed E-state index contributed by atoms with van der Waals surface area (Å²) in [5, 5.41) is 7.03. The third kappa shape index (κ3) is 2.77. The van der Waals surface area contributed by atoms with Crippen LogP contribution >= 0.6 is 0 Å². The lowest BCUT2D eigenvalue weighted by Crippen LogP contribution is -2.29. The second-order valence-electron chi connectivity index (χ2n) is 6.24. The number of rotatable bonds is 4. The number of nitrogens with one attached hydrogen (secondary N) is 2. The average molecular weight is 368 g/mol. The molecule has 2 N–H and O–H groups in total. The highest BCUT2D eigenvalue weighted by molar-refractivity contribution is 5.77. The predicted octanol–water partition coefficient (Wildman–Crippen LogP) is 1.56. The molecule has 3 heterocycles. The second-order valence-corrected chi connectivity index (χ2v) is 6.24. The van der Waals surface area contributed by atoms with E-state index in [2.05, 4.69) is 20.2 Å². The summed E-state index contributed by atoms with van der Waals surface area (Å²) in [6.07, 6.45) is 2.05. The molecule has 0 saturated heterocycles. The molecule has 0 atom stereocenters. The average Bonchev–Trinajstić information content (AvgIpc) is 3.23. The molecule has 0 unspecified atom stereocenters. The topological polar surface area (TPSA) is 101 Å². The van der Waals surface area contributed by atoms with Gasteiger partial charge in [-0.3, -0.25) is 19.4 Å². The van der Waals surface area contributed by atoms with Crippen LogP contribution in [0.25, 0.3) is 22.6 Å². The highest BCUT2D eigenvalue weighted by Gasteiger charge is 2.20. The second kappa shape index (κ2) is 6.35. The van der Waals surface area contributed by atoms with Gasteiger partial charge in [-0.25, -0.2) is 14.2 Å². The maximum atomic E-state index is 13.5. The third-order valence-electron chi connectivity index (χ3n) is 4.55. The first-order valence-corrected chi connectivity index (χ1v) is 8.46. The highest BCUT2D eigenvalue weighted by Crippen LogP contribution is 2.26. The number of H-pyrrole nitrogens is 2. The van der Waals surface area contributed by atoms with Crippen molar-refractivity contribution in [3.63, 3.8) is 0 Å². The van der Waals surface area contributed by atoms with Crippen LogP contribution in [0.15, 0.2) is 40.1 Å². The van der Waals surface area contributed by atoms with Gasteiger partial charge in [0.1, 0.15) is 11.6 Å². The molecule has 27 heavy (non-hydrogen) atoms. The van der Waals surface area contributed by atoms with E-state index in [1.165, 1.54) is 16.7 Å². The van der Waals surface area contributed by atoms with Crippen LogP contribution in [0.4, 0.5) is 4.39 Å². The van der Waals surface area contributed by atoms with Gasteiger partial charge < -0.3 is 4.57 Å². The summed E-state index contributed by atoms with van der Waals surface area (Å²) in [7, 11) is 1.56. The zero-order valence-electron chi connectivity index (χ0n) is 14.8. The molecule has 8 nitrogen and oxygen atoms in total. The molecule has 3 aromatic heterocycles. The van der Waals surface area contributed by atoms with Crippen LogP contribution in [0, 0.1) is 5.82 Å². The van der Waals surface area contributed by atoms with E-state index < -0.39 is 11.2 Å². The fourth-order valence-corrected chi connectivity index (χ4v) is 3.24. The Bertz CT molecular complexity index is 1260. The van der Waals surface area contributed by atoms with Gasteiger partial charge in [0.05, 0.1) is 17.5 Å². The van der Waals surface area contributed by atoms with Crippen LogP contribution < -0.4 is 11.2 Å². The smallest absolute Gasteiger partial charge is 0.318 e. The van der Waals surface area contributed by atoms with E-state index in [4.69, 9.17) is 0 Å². The Balaban J connectivity index is 1.90. The quantitative estimate of drug-likeness (QED) is 0.571. The van der Waals surface area contributed by atoms with Crippen molar-refractivity contribution < 1.29 is 4.39 Å². The van der Waals surface area contributed by atoms with Crippen LogP contribution in [-0.4, -0.2) is 29.3 Å². The number of fused-ring (bicyclic) bond motifs is 1. The van der Waals surface area contributed by atoms with E-state index in [1.807, 2.05) is 13.0 Å². The Labute approximate surface area is 152 Å². The molecule has 0 aliphatic carbocycles. The van der Waals surface area contributed by atoms with Gasteiger partial charge in [0.25, 0.3) is 5.56 Å². The molecule has 0 spiro atoms. The Hall–Kier alpha value is -3.49. The van der Waals surface area contributed by atoms with Gasteiger partial charge in [-0.2, -0.15) is 5.10 Å². The van der Waals surface area contributed by atoms with Gasteiger partial charge in [0, 0.05) is 20.0 Å². The van der Waals surface area contributed by atoms with Gasteiger partial charge in [0.15, 0.2) is 11.2 Å². The molecule has 0 aliphatic rings. The van der Waals surface area contributed by atoms with Gasteiger partial charge in [-0.15, -0.1) is 0 Å². The summed E-state index contributed by atoms with van der Waals surface area (Å²) in [4.78, 5) is 31.1. The maximum absolute atomic E-state index is 13.5. The van der Waals surface area contributed by atoms with Crippen molar-refractivity contribution in [2.75, 3.05) is 0 Å². The number of nitrogens with zero attached hydrogens (tertiary/aromatic N) is 4. The molecule has 0 radical (unpaired) electrons. The number of aryl methyl sites for hydroxylation is 2. The molecule has 1 aromatic carbocycles. The van der Waals surface area contributed by atoms with E-state index in [1.54, 1.807) is 23.9 Å². The van der Waals surface area contributed by atoms with Gasteiger partial charge in [-0.05, 0) is 24.6 Å². The summed E-state index contributed by atoms with van der Waals surface area (Å²) >= 11 is 0. The summed E-state index contributed by atoms with van der Waals surface area (Å²) in [5.74, 6) is 0.218. The minimum atomic E-state index is -0.521. The van der Waals surface area contributed by atoms with Crippen molar-refractivity contribution in [3.8, 4) is 11.4 Å². The Morgan fingerprint density at radius 3 is 2.81 bits per heavy atom. The molecule has 0 aliphatic heterocycles. The van der Waals surface area contributed by atoms with Crippen LogP contribution in [0.5, 0.6) is 0 Å². The van der Waals surface area contributed by atoms with Crippen molar-refractivity contribution >= 4 is 11.2 Å². The Kier molecular flexibility index (Phi) is 3.98. The fraction of sp³-hybridized carbons (Fsp3) is 0.222. The highest BCUT2D eigenvalue weighted by atomic mass is 19.1. The molecule has 0 saturated carbocycles. The molecule has 0 fully saturated rings. The SMILES string of the molecule is CCn1c(-c2cn[nH]c2Cc2cccc(F)c2)nc2c1c(=O)[nH]c(=O)n2C. The van der Waals surface area contributed by atoms with Crippen molar-refractivity contribution in [1.82, 2.24) is 29.3 Å². The first kappa shape index (κ1) is 17.0. The van der Waals surface area contributed by atoms with Crippen LogP contribution in [0.2, 0.25) is 0 Å². The molecule has 4 aromatic rings. The van der Waals surface area contributed by atoms with Crippen LogP contribution in [-0.2, 0) is 20.0 Å². The van der Waals surface area contributed by atoms with Gasteiger partial charge in [-0.1, -0.05) is 12.1 Å². The summed E-state index contributed by atoms with van der Waals surface area (Å²) < 4.78 is 16.5. The van der Waals surface area contributed by atoms with Gasteiger partial charge >= 0.3 is 5.69 Å². The first-order chi connectivity index (χ1) is 13.0. The van der Waals surface area contributed by atoms with Crippen LogP contribution in [0.3, 0.4) is 0 Å². The van der Waals surface area contributed by atoms with E-state index in [9.17, 15) is 14.0 Å². The Morgan fingerprint density at radius 1 is 1.26 bits per heavy atom. The van der Waals surface area contributed by atoms with E-state index >= 15 is 0 Å². The summed E-state index contributed by atoms with van der Waals surface area (Å²) in [6, 6.07) is 6.32. The van der Waals surface area contributed by atoms with Crippen molar-refractivity contribution in [3.05, 3.63) is 68.4 Å². The van der Waals surface area contributed by atoms with Crippen molar-refractivity contribution in [1.29, 1.82) is 0 Å². The number of hydrogen-bond acceptors (Lipinski definition) is 4. The molecular formula is C18H17FN6O2. The maximum Gasteiger partial charge on any atom is 0.329 e. The monoisotopic (exact) mass is 368 g/mol. The number of halogens is 1. The first-order valence-electron chi connectivity index (χ1n) is 8.46. The van der Waals surface area contributed by atoms with E-state index in [0.717, 1.165) is 11.3 Å². The van der Waals surface area contributed by atoms with Gasteiger partial charge in [0.2, 0.25) is 0 Å². The normalized spacial score (nSPS) is 11.4. The number of aromatic amines is 2. The number of benzene rings is 1. The zero-order chi connectivity index (χ0) is 19.1. The summed E-state index contributed by atoms with van der Waals surface area (Å²) in [6.45, 7) is 2.37. The van der Waals surface area contributed by atoms with E-state index in [-0.39, 0.29) is 5.82 Å². The zero-order valence-corrected chi connectivity index (χ0v) is 14.8. The van der Waals surface area contributed by atoms with Crippen molar-refractivity contribution in [2.24, 2.45) is 7.05 Å². The van der Waals surface area contributed by atoms with Crippen LogP contribution in [0.1, 0.15) is 18.2 Å². The molecule has 138 valence electrons. The minimum absolute atomic E-state index is 0.304. The lowest BCUT2D eigenvalue weighted by Gasteiger charge is -2.06. The number of aromatic nitrogens is 6. The predicted molar refractivity (Wildman–Crippen MR) is 98.1 cm³/mol. The number of hydrogen-bond donors (Lipinski definition) is 2. The Morgan fingerprint density at radius 2 is 2.07 bits per heavy atom. The minimum Gasteiger partial charge on any atom is -0.318 e. The lowest BCUT2D eigenvalue weighted by atomic mass is 10.1. The number of imidazole rings is 1. The van der Waals surface area contributed by atoms with E-state index in [0.29, 0.717) is 35.5 Å².